The van der Waals surface area contributed by atoms with Crippen LogP contribution >= 0.6 is 0 Å². The molecule has 2 aliphatic rings. The monoisotopic (exact) mass is 501 g/mol. The molecule has 0 aromatic heterocycles. The zero-order chi connectivity index (χ0) is 26.3. The van der Waals surface area contributed by atoms with Crippen molar-refractivity contribution < 1.29 is 9.59 Å². The summed E-state index contributed by atoms with van der Waals surface area (Å²) in [5.74, 6) is 2.84. The highest BCUT2D eigenvalue weighted by Gasteiger charge is 2.30. The molecule has 0 spiro atoms. The molecule has 2 amide bonds. The summed E-state index contributed by atoms with van der Waals surface area (Å²) in [5.41, 5.74) is 5.98. The first-order valence-corrected chi connectivity index (χ1v) is 13.1. The van der Waals surface area contributed by atoms with Crippen LogP contribution in [-0.2, 0) is 6.42 Å². The standard InChI is InChI=1S/C33H31N3O2/c1-2-32(37)29-19-17-27(18-20-29)26-13-15-28(16-14-26)30-11-8-21-34-36(24-30)33(38)35-22-7-6-12-31(35)23-25-9-4-3-5-10-25/h2-5,8-10,13-20,24,31H,1,6-7,11-12,22-23H2. The summed E-state index contributed by atoms with van der Waals surface area (Å²) in [6, 6.07) is 26.2. The molecule has 0 N–H and O–H groups in total. The molecule has 1 saturated heterocycles. The van der Waals surface area contributed by atoms with E-state index in [0.29, 0.717) is 12.0 Å². The summed E-state index contributed by atoms with van der Waals surface area (Å²) in [6.45, 7) is 4.28. The average Bonchev–Trinajstić information content (AvgIpc) is 3.24. The summed E-state index contributed by atoms with van der Waals surface area (Å²) in [4.78, 5) is 27.4. The van der Waals surface area contributed by atoms with E-state index in [2.05, 4.69) is 53.9 Å². The molecule has 2 heterocycles. The van der Waals surface area contributed by atoms with E-state index in [1.165, 1.54) is 16.6 Å². The maximum atomic E-state index is 13.6. The number of likely N-dealkylation sites (tertiary alicyclic amines) is 1. The Bertz CT molecular complexity index is 1400. The Balaban J connectivity index is 1.33. The van der Waals surface area contributed by atoms with Crippen LogP contribution in [0.4, 0.5) is 4.79 Å². The molecule has 38 heavy (non-hydrogen) atoms. The van der Waals surface area contributed by atoms with Crippen molar-refractivity contribution in [1.82, 2.24) is 9.91 Å². The highest BCUT2D eigenvalue weighted by Crippen LogP contribution is 2.28. The second-order valence-electron chi connectivity index (χ2n) is 9.67. The number of amides is 2. The third-order valence-corrected chi connectivity index (χ3v) is 7.18. The van der Waals surface area contributed by atoms with Crippen LogP contribution in [0.3, 0.4) is 0 Å². The van der Waals surface area contributed by atoms with E-state index >= 15 is 0 Å². The summed E-state index contributed by atoms with van der Waals surface area (Å²) in [7, 11) is 0. The quantitative estimate of drug-likeness (QED) is 0.267. The lowest BCUT2D eigenvalue weighted by Gasteiger charge is -2.37. The fraction of sp³-hybridized carbons (Fsp3) is 0.212. The lowest BCUT2D eigenvalue weighted by molar-refractivity contribution is 0.104. The maximum Gasteiger partial charge on any atom is 0.345 e. The van der Waals surface area contributed by atoms with Crippen LogP contribution < -0.4 is 0 Å². The normalized spacial score (nSPS) is 17.1. The van der Waals surface area contributed by atoms with Crippen LogP contribution in [0.5, 0.6) is 0 Å². The highest BCUT2D eigenvalue weighted by molar-refractivity contribution is 6.04. The third kappa shape index (κ3) is 5.74. The topological polar surface area (TPSA) is 53.0 Å². The lowest BCUT2D eigenvalue weighted by Crippen LogP contribution is -2.48. The van der Waals surface area contributed by atoms with Gasteiger partial charge in [-0.3, -0.25) is 4.79 Å². The number of urea groups is 1. The Morgan fingerprint density at radius 3 is 2.32 bits per heavy atom. The number of hydrazone groups is 1. The van der Waals surface area contributed by atoms with Crippen molar-refractivity contribution in [1.29, 1.82) is 0 Å². The zero-order valence-electron chi connectivity index (χ0n) is 21.4. The van der Waals surface area contributed by atoms with Crippen molar-refractivity contribution in [3.8, 4) is 11.1 Å². The summed E-state index contributed by atoms with van der Waals surface area (Å²) in [6.07, 6.45) is 9.65. The van der Waals surface area contributed by atoms with Crippen LogP contribution in [0.15, 0.2) is 109 Å². The molecular weight excluding hydrogens is 470 g/mol. The van der Waals surface area contributed by atoms with E-state index in [9.17, 15) is 9.59 Å². The number of benzene rings is 3. The van der Waals surface area contributed by atoms with Crippen LogP contribution in [0.25, 0.3) is 16.7 Å². The minimum absolute atomic E-state index is 0.0856. The molecule has 1 fully saturated rings. The van der Waals surface area contributed by atoms with E-state index in [-0.39, 0.29) is 17.9 Å². The molecule has 2 aliphatic heterocycles. The van der Waals surface area contributed by atoms with Gasteiger partial charge in [0.15, 0.2) is 5.78 Å². The molecule has 0 bridgehead atoms. The van der Waals surface area contributed by atoms with E-state index in [1.54, 1.807) is 0 Å². The molecule has 0 aliphatic carbocycles. The van der Waals surface area contributed by atoms with Gasteiger partial charge in [-0.2, -0.15) is 5.01 Å². The second-order valence-corrected chi connectivity index (χ2v) is 9.67. The number of carbonyl (C=O) groups is 2. The molecule has 3 aromatic rings. The van der Waals surface area contributed by atoms with Gasteiger partial charge in [-0.05, 0) is 65.7 Å². The number of hydrogen-bond acceptors (Lipinski definition) is 3. The van der Waals surface area contributed by atoms with Gasteiger partial charge in [0.05, 0.1) is 0 Å². The number of rotatable bonds is 6. The van der Waals surface area contributed by atoms with Gasteiger partial charge in [0.2, 0.25) is 0 Å². The van der Waals surface area contributed by atoms with Crippen LogP contribution in [0.1, 0.15) is 47.2 Å². The van der Waals surface area contributed by atoms with E-state index in [4.69, 9.17) is 0 Å². The minimum Gasteiger partial charge on any atom is -0.320 e. The molecular formula is C33H31N3O2. The van der Waals surface area contributed by atoms with Crippen molar-refractivity contribution in [3.63, 3.8) is 0 Å². The molecule has 1 unspecified atom stereocenters. The predicted molar refractivity (Wildman–Crippen MR) is 153 cm³/mol. The number of carbonyl (C=O) groups excluding carboxylic acids is 2. The smallest absolute Gasteiger partial charge is 0.320 e. The van der Waals surface area contributed by atoms with Crippen molar-refractivity contribution in [2.75, 3.05) is 6.54 Å². The van der Waals surface area contributed by atoms with Gasteiger partial charge in [0.25, 0.3) is 0 Å². The summed E-state index contributed by atoms with van der Waals surface area (Å²) < 4.78 is 0. The van der Waals surface area contributed by atoms with Gasteiger partial charge in [-0.25, -0.2) is 4.79 Å². The van der Waals surface area contributed by atoms with Crippen LogP contribution in [0.2, 0.25) is 0 Å². The Morgan fingerprint density at radius 1 is 0.921 bits per heavy atom. The first kappa shape index (κ1) is 25.2. The first-order chi connectivity index (χ1) is 18.6. The van der Waals surface area contributed by atoms with Gasteiger partial charge in [0.1, 0.15) is 0 Å². The number of piperidine rings is 1. The molecule has 1 atom stereocenters. The molecule has 0 saturated carbocycles. The number of allylic oxidation sites excluding steroid dienone is 3. The Morgan fingerprint density at radius 2 is 1.61 bits per heavy atom. The number of ketones is 1. The van der Waals surface area contributed by atoms with Gasteiger partial charge in [-0.15, -0.1) is 5.10 Å². The van der Waals surface area contributed by atoms with Gasteiger partial charge in [-0.1, -0.05) is 85.4 Å². The molecule has 3 aromatic carbocycles. The number of nitrogens with zero attached hydrogens (tertiary/aromatic N) is 3. The SMILES string of the molecule is C=CC(=O)c1ccc(-c2ccc(C3=CN(C(=O)N4CCCCC4Cc4ccccc4)N=C=CC3)cc2)cc1. The van der Waals surface area contributed by atoms with Crippen molar-refractivity contribution in [2.45, 2.75) is 38.1 Å². The molecule has 5 rings (SSSR count). The van der Waals surface area contributed by atoms with Crippen molar-refractivity contribution in [3.05, 3.63) is 120 Å². The minimum atomic E-state index is -0.100. The van der Waals surface area contributed by atoms with Crippen LogP contribution in [0, 0.1) is 0 Å². The van der Waals surface area contributed by atoms with E-state index in [1.807, 2.05) is 59.6 Å². The fourth-order valence-electron chi connectivity index (χ4n) is 5.08. The second kappa shape index (κ2) is 11.7. The Hall–Kier alpha value is -4.47. The summed E-state index contributed by atoms with van der Waals surface area (Å²) in [5, 5.41) is 5.79. The predicted octanol–water partition coefficient (Wildman–Crippen LogP) is 7.13. The largest absolute Gasteiger partial charge is 0.345 e. The highest BCUT2D eigenvalue weighted by atomic mass is 16.2. The number of hydrogen-bond donors (Lipinski definition) is 0. The van der Waals surface area contributed by atoms with Crippen LogP contribution in [-0.4, -0.2) is 40.2 Å². The van der Waals surface area contributed by atoms with Gasteiger partial charge < -0.3 is 4.90 Å². The molecule has 5 heteroatoms. The Labute approximate surface area is 224 Å². The van der Waals surface area contributed by atoms with E-state index < -0.39 is 0 Å². The van der Waals surface area contributed by atoms with Crippen molar-refractivity contribution >= 4 is 23.3 Å². The summed E-state index contributed by atoms with van der Waals surface area (Å²) >= 11 is 0. The van der Waals surface area contributed by atoms with Gasteiger partial charge in [0, 0.05) is 36.6 Å². The van der Waals surface area contributed by atoms with Gasteiger partial charge >= 0.3 is 6.03 Å². The zero-order valence-corrected chi connectivity index (χ0v) is 21.4. The van der Waals surface area contributed by atoms with E-state index in [0.717, 1.165) is 54.5 Å². The lowest BCUT2D eigenvalue weighted by atomic mass is 9.96. The maximum absolute atomic E-state index is 13.6. The third-order valence-electron chi connectivity index (χ3n) is 7.18. The first-order valence-electron chi connectivity index (χ1n) is 13.1. The molecule has 190 valence electrons. The van der Waals surface area contributed by atoms with Crippen molar-refractivity contribution in [2.24, 2.45) is 5.10 Å². The Kier molecular flexibility index (Phi) is 7.77. The fourth-order valence-corrected chi connectivity index (χ4v) is 5.08. The molecule has 5 nitrogen and oxygen atoms in total. The molecule has 0 radical (unpaired) electrons. The average molecular weight is 502 g/mol.